The van der Waals surface area contributed by atoms with Gasteiger partial charge in [0.05, 0.1) is 11.1 Å². The minimum atomic E-state index is -0.902. The standard InChI is InChI=1S/C32H55N3O4/c1-16-31(14,30(12,13)32(15,17-2)39-21-20-28(8,9)34-26(3,4)5)33-25(38)27(6,7)22-29(10,11)35-23(36)18-19-24(35)37/h16-19,34H,1-2,20-22H2,3-15H3,(H,33,38). The minimum Gasteiger partial charge on any atom is -0.370 e. The highest BCUT2D eigenvalue weighted by atomic mass is 16.5. The topological polar surface area (TPSA) is 87.7 Å². The van der Waals surface area contributed by atoms with Crippen molar-refractivity contribution in [3.05, 3.63) is 37.5 Å². The summed E-state index contributed by atoms with van der Waals surface area (Å²) in [4.78, 5) is 39.7. The van der Waals surface area contributed by atoms with Gasteiger partial charge in [0.2, 0.25) is 5.91 Å². The van der Waals surface area contributed by atoms with E-state index in [9.17, 15) is 14.4 Å². The van der Waals surface area contributed by atoms with Gasteiger partial charge in [0, 0.05) is 46.2 Å². The molecular weight excluding hydrogens is 490 g/mol. The lowest BCUT2D eigenvalue weighted by Crippen LogP contribution is -2.65. The van der Waals surface area contributed by atoms with Crippen LogP contribution in [0, 0.1) is 10.8 Å². The van der Waals surface area contributed by atoms with Gasteiger partial charge < -0.3 is 15.4 Å². The predicted molar refractivity (Wildman–Crippen MR) is 160 cm³/mol. The molecule has 2 atom stereocenters. The molecule has 7 heteroatoms. The molecule has 0 aromatic carbocycles. The van der Waals surface area contributed by atoms with Gasteiger partial charge in [-0.2, -0.15) is 0 Å². The molecule has 1 heterocycles. The van der Waals surface area contributed by atoms with E-state index in [1.165, 1.54) is 17.1 Å². The second-order valence-electron chi connectivity index (χ2n) is 14.9. The van der Waals surface area contributed by atoms with Crippen LogP contribution in [0.3, 0.4) is 0 Å². The number of amides is 3. The Balaban J connectivity index is 3.14. The van der Waals surface area contributed by atoms with Crippen LogP contribution >= 0.6 is 0 Å². The molecule has 222 valence electrons. The van der Waals surface area contributed by atoms with Gasteiger partial charge in [-0.1, -0.05) is 39.8 Å². The summed E-state index contributed by atoms with van der Waals surface area (Å²) in [6.07, 6.45) is 7.15. The quantitative estimate of drug-likeness (QED) is 0.216. The Labute approximate surface area is 237 Å². The largest absolute Gasteiger partial charge is 0.370 e. The molecule has 0 radical (unpaired) electrons. The van der Waals surface area contributed by atoms with E-state index >= 15 is 0 Å². The summed E-state index contributed by atoms with van der Waals surface area (Å²) in [6.45, 7) is 34.7. The van der Waals surface area contributed by atoms with Gasteiger partial charge in [0.1, 0.15) is 0 Å². The number of nitrogens with one attached hydrogen (secondary N) is 2. The average Bonchev–Trinajstić information content (AvgIpc) is 3.09. The number of carbonyl (C=O) groups excluding carboxylic acids is 3. The molecule has 3 amide bonds. The molecule has 0 fully saturated rings. The molecule has 0 aromatic rings. The van der Waals surface area contributed by atoms with E-state index in [-0.39, 0.29) is 35.2 Å². The van der Waals surface area contributed by atoms with Crippen LogP contribution in [-0.2, 0) is 19.1 Å². The van der Waals surface area contributed by atoms with Crippen molar-refractivity contribution in [1.82, 2.24) is 15.5 Å². The van der Waals surface area contributed by atoms with E-state index in [0.717, 1.165) is 6.42 Å². The van der Waals surface area contributed by atoms with Crippen molar-refractivity contribution in [3.8, 4) is 0 Å². The molecule has 39 heavy (non-hydrogen) atoms. The van der Waals surface area contributed by atoms with Crippen LogP contribution in [0.2, 0.25) is 0 Å². The zero-order valence-electron chi connectivity index (χ0n) is 26.9. The van der Waals surface area contributed by atoms with Gasteiger partial charge in [-0.05, 0) is 75.2 Å². The van der Waals surface area contributed by atoms with Crippen molar-refractivity contribution >= 4 is 17.7 Å². The van der Waals surface area contributed by atoms with Crippen LogP contribution in [0.25, 0.3) is 0 Å². The van der Waals surface area contributed by atoms with E-state index in [1.807, 2.05) is 41.5 Å². The zero-order valence-corrected chi connectivity index (χ0v) is 26.9. The number of rotatable bonds is 14. The second-order valence-corrected chi connectivity index (χ2v) is 14.9. The molecule has 0 aliphatic carbocycles. The maximum atomic E-state index is 13.8. The maximum Gasteiger partial charge on any atom is 0.254 e. The summed E-state index contributed by atoms with van der Waals surface area (Å²) in [5, 5.41) is 6.87. The Kier molecular flexibility index (Phi) is 10.1. The molecular formula is C32H55N3O4. The summed E-state index contributed by atoms with van der Waals surface area (Å²) in [6, 6.07) is 0. The Hall–Kier alpha value is -2.25. The number of hydrogen-bond donors (Lipinski definition) is 2. The lowest BCUT2D eigenvalue weighted by Gasteiger charge is -2.53. The smallest absolute Gasteiger partial charge is 0.254 e. The van der Waals surface area contributed by atoms with Gasteiger partial charge in [0.25, 0.3) is 11.8 Å². The molecule has 1 aliphatic heterocycles. The van der Waals surface area contributed by atoms with Crippen molar-refractivity contribution < 1.29 is 19.1 Å². The van der Waals surface area contributed by atoms with E-state index < -0.39 is 27.5 Å². The van der Waals surface area contributed by atoms with Gasteiger partial charge in [0.15, 0.2) is 0 Å². The Morgan fingerprint density at radius 3 is 1.77 bits per heavy atom. The van der Waals surface area contributed by atoms with Crippen LogP contribution in [0.1, 0.15) is 103 Å². The monoisotopic (exact) mass is 545 g/mol. The van der Waals surface area contributed by atoms with Gasteiger partial charge in [-0.25, -0.2) is 0 Å². The third-order valence-corrected chi connectivity index (χ3v) is 8.46. The fourth-order valence-electron chi connectivity index (χ4n) is 5.71. The van der Waals surface area contributed by atoms with Crippen LogP contribution in [0.5, 0.6) is 0 Å². The lowest BCUT2D eigenvalue weighted by molar-refractivity contribution is -0.148. The fourth-order valence-corrected chi connectivity index (χ4v) is 5.71. The molecule has 2 unspecified atom stereocenters. The van der Waals surface area contributed by atoms with Gasteiger partial charge in [-0.3, -0.25) is 19.3 Å². The number of hydrogen-bond acceptors (Lipinski definition) is 5. The Morgan fingerprint density at radius 2 is 1.36 bits per heavy atom. The van der Waals surface area contributed by atoms with Crippen molar-refractivity contribution in [1.29, 1.82) is 0 Å². The highest BCUT2D eigenvalue weighted by molar-refractivity contribution is 6.13. The zero-order chi connectivity index (χ0) is 30.9. The van der Waals surface area contributed by atoms with E-state index in [2.05, 4.69) is 58.4 Å². The molecule has 0 saturated heterocycles. The Bertz CT molecular complexity index is 981. The summed E-state index contributed by atoms with van der Waals surface area (Å²) >= 11 is 0. The molecule has 7 nitrogen and oxygen atoms in total. The third-order valence-electron chi connectivity index (χ3n) is 8.46. The van der Waals surface area contributed by atoms with Crippen molar-refractivity contribution in [3.63, 3.8) is 0 Å². The minimum absolute atomic E-state index is 0.0244. The lowest BCUT2D eigenvalue weighted by atomic mass is 9.62. The maximum absolute atomic E-state index is 13.8. The first-order valence-corrected chi connectivity index (χ1v) is 13.9. The normalized spacial score (nSPS) is 18.5. The molecule has 0 aromatic heterocycles. The van der Waals surface area contributed by atoms with Gasteiger partial charge in [-0.15, -0.1) is 13.2 Å². The van der Waals surface area contributed by atoms with Crippen LogP contribution in [0.4, 0.5) is 0 Å². The van der Waals surface area contributed by atoms with E-state index in [0.29, 0.717) is 6.61 Å². The molecule has 0 bridgehead atoms. The summed E-state index contributed by atoms with van der Waals surface area (Å²) < 4.78 is 6.54. The molecule has 1 rings (SSSR count). The van der Waals surface area contributed by atoms with Crippen LogP contribution in [-0.4, -0.2) is 57.0 Å². The summed E-state index contributed by atoms with van der Waals surface area (Å²) in [5.41, 5.74) is -4.25. The number of carbonyl (C=O) groups is 3. The molecule has 1 aliphatic rings. The van der Waals surface area contributed by atoms with E-state index in [4.69, 9.17) is 4.74 Å². The van der Waals surface area contributed by atoms with E-state index in [1.54, 1.807) is 26.0 Å². The molecule has 0 spiro atoms. The van der Waals surface area contributed by atoms with Crippen LogP contribution in [0.15, 0.2) is 37.5 Å². The van der Waals surface area contributed by atoms with Gasteiger partial charge >= 0.3 is 0 Å². The highest BCUT2D eigenvalue weighted by Gasteiger charge is 2.53. The van der Waals surface area contributed by atoms with Crippen molar-refractivity contribution in [2.24, 2.45) is 10.8 Å². The highest BCUT2D eigenvalue weighted by Crippen LogP contribution is 2.46. The summed E-state index contributed by atoms with van der Waals surface area (Å²) in [5.74, 6) is -0.934. The number of nitrogens with zero attached hydrogens (tertiary/aromatic N) is 1. The Morgan fingerprint density at radius 1 is 0.872 bits per heavy atom. The second kappa shape index (κ2) is 11.3. The summed E-state index contributed by atoms with van der Waals surface area (Å²) in [7, 11) is 0. The van der Waals surface area contributed by atoms with Crippen molar-refractivity contribution in [2.75, 3.05) is 6.61 Å². The molecule has 2 N–H and O–H groups in total. The first-order valence-electron chi connectivity index (χ1n) is 13.9. The number of ether oxygens (including phenoxy) is 1. The van der Waals surface area contributed by atoms with Crippen LogP contribution < -0.4 is 10.6 Å². The number of imide groups is 1. The molecule has 0 saturated carbocycles. The first-order chi connectivity index (χ1) is 17.3. The average molecular weight is 546 g/mol. The third kappa shape index (κ3) is 7.91. The fraction of sp³-hybridized carbons (Fsp3) is 0.719. The first kappa shape index (κ1) is 34.8. The SMILES string of the molecule is C=CC(C)(NC(=O)C(C)(C)CC(C)(C)N1C(=O)C=CC1=O)C(C)(C)C(C)(C=C)OCCC(C)(C)NC(C)(C)C. The van der Waals surface area contributed by atoms with Crippen molar-refractivity contribution in [2.45, 2.75) is 131 Å². The predicted octanol–water partition coefficient (Wildman–Crippen LogP) is 5.71.